The van der Waals surface area contributed by atoms with Crippen LogP contribution in [0.5, 0.6) is 5.75 Å². The number of likely N-dealkylation sites (tertiary alicyclic amines) is 1. The van der Waals surface area contributed by atoms with Crippen molar-refractivity contribution in [3.63, 3.8) is 0 Å². The van der Waals surface area contributed by atoms with Gasteiger partial charge in [0.15, 0.2) is 6.10 Å². The van der Waals surface area contributed by atoms with Gasteiger partial charge in [0.2, 0.25) is 0 Å². The second kappa shape index (κ2) is 8.03. The van der Waals surface area contributed by atoms with E-state index in [1.165, 1.54) is 0 Å². The van der Waals surface area contributed by atoms with Crippen LogP contribution in [0.4, 0.5) is 5.69 Å². The number of anilines is 1. The van der Waals surface area contributed by atoms with E-state index in [0.717, 1.165) is 24.2 Å². The zero-order valence-corrected chi connectivity index (χ0v) is 14.4. The fourth-order valence-electron chi connectivity index (χ4n) is 3.08. The number of aliphatic hydroxyl groups excluding tert-OH is 1. The number of amides is 1. The van der Waals surface area contributed by atoms with Crippen molar-refractivity contribution in [3.05, 3.63) is 60.2 Å². The summed E-state index contributed by atoms with van der Waals surface area (Å²) in [5.74, 6) is 0.595. The van der Waals surface area contributed by atoms with Crippen LogP contribution in [-0.2, 0) is 11.4 Å². The van der Waals surface area contributed by atoms with Crippen molar-refractivity contribution in [1.82, 2.24) is 4.90 Å². The first-order valence-electron chi connectivity index (χ1n) is 8.62. The van der Waals surface area contributed by atoms with Gasteiger partial charge in [0.1, 0.15) is 5.75 Å². The lowest BCUT2D eigenvalue weighted by atomic mass is 10.2. The van der Waals surface area contributed by atoms with Gasteiger partial charge in [0.25, 0.3) is 5.91 Å². The highest BCUT2D eigenvalue weighted by Gasteiger charge is 2.29. The van der Waals surface area contributed by atoms with Crippen molar-refractivity contribution in [2.45, 2.75) is 32.1 Å². The van der Waals surface area contributed by atoms with Crippen LogP contribution in [0.2, 0.25) is 0 Å². The van der Waals surface area contributed by atoms with Crippen LogP contribution in [0.15, 0.2) is 54.6 Å². The number of carbonyl (C=O) groups is 1. The molecule has 1 fully saturated rings. The van der Waals surface area contributed by atoms with Crippen LogP contribution in [0.1, 0.15) is 18.9 Å². The van der Waals surface area contributed by atoms with Gasteiger partial charge in [-0.3, -0.25) is 4.79 Å². The summed E-state index contributed by atoms with van der Waals surface area (Å²) in [6.07, 6.45) is 0.372. The molecule has 1 aliphatic heterocycles. The number of ether oxygens (including phenoxy) is 1. The molecular formula is C20H24N2O3. The minimum atomic E-state index is -0.551. The lowest BCUT2D eigenvalue weighted by Crippen LogP contribution is -2.40. The number of para-hydroxylation sites is 1. The molecule has 0 radical (unpaired) electrons. The van der Waals surface area contributed by atoms with Crippen LogP contribution in [0.25, 0.3) is 0 Å². The average molecular weight is 340 g/mol. The third-order valence-corrected chi connectivity index (χ3v) is 4.39. The smallest absolute Gasteiger partial charge is 0.263 e. The van der Waals surface area contributed by atoms with Crippen LogP contribution in [0.3, 0.4) is 0 Å². The molecule has 25 heavy (non-hydrogen) atoms. The van der Waals surface area contributed by atoms with Crippen LogP contribution in [-0.4, -0.2) is 41.1 Å². The molecule has 0 bridgehead atoms. The molecule has 132 valence electrons. The van der Waals surface area contributed by atoms with E-state index in [9.17, 15) is 9.90 Å². The Kier molecular flexibility index (Phi) is 5.56. The van der Waals surface area contributed by atoms with E-state index in [-0.39, 0.29) is 18.6 Å². The largest absolute Gasteiger partial charge is 0.481 e. The van der Waals surface area contributed by atoms with Gasteiger partial charge in [0.05, 0.1) is 6.61 Å². The SMILES string of the molecule is CC(Oc1cccc(CO)c1)C(=O)N1CCC(Nc2ccccc2)C1. The third-order valence-electron chi connectivity index (χ3n) is 4.39. The van der Waals surface area contributed by atoms with Crippen molar-refractivity contribution in [1.29, 1.82) is 0 Å². The third kappa shape index (κ3) is 4.51. The maximum atomic E-state index is 12.6. The normalized spacial score (nSPS) is 18.0. The lowest BCUT2D eigenvalue weighted by molar-refractivity contribution is -0.136. The molecule has 2 aromatic rings. The van der Waals surface area contributed by atoms with Gasteiger partial charge < -0.3 is 20.1 Å². The maximum Gasteiger partial charge on any atom is 0.263 e. The number of benzene rings is 2. The predicted octanol–water partition coefficient (Wildman–Crippen LogP) is 2.66. The van der Waals surface area contributed by atoms with E-state index in [4.69, 9.17) is 4.74 Å². The van der Waals surface area contributed by atoms with Gasteiger partial charge >= 0.3 is 0 Å². The summed E-state index contributed by atoms with van der Waals surface area (Å²) in [7, 11) is 0. The number of nitrogens with one attached hydrogen (secondary N) is 1. The van der Waals surface area contributed by atoms with Gasteiger partial charge in [-0.1, -0.05) is 30.3 Å². The monoisotopic (exact) mass is 340 g/mol. The lowest BCUT2D eigenvalue weighted by Gasteiger charge is -2.22. The van der Waals surface area contributed by atoms with Crippen molar-refractivity contribution in [2.24, 2.45) is 0 Å². The van der Waals surface area contributed by atoms with Gasteiger partial charge in [-0.15, -0.1) is 0 Å². The number of aliphatic hydroxyl groups is 1. The first-order valence-corrected chi connectivity index (χ1v) is 8.62. The Balaban J connectivity index is 1.54. The molecular weight excluding hydrogens is 316 g/mol. The van der Waals surface area contributed by atoms with E-state index in [0.29, 0.717) is 12.3 Å². The second-order valence-electron chi connectivity index (χ2n) is 6.35. The quantitative estimate of drug-likeness (QED) is 0.849. The van der Waals surface area contributed by atoms with Crippen molar-refractivity contribution >= 4 is 11.6 Å². The molecule has 1 heterocycles. The molecule has 0 aliphatic carbocycles. The van der Waals surface area contributed by atoms with Crippen molar-refractivity contribution in [2.75, 3.05) is 18.4 Å². The first-order chi connectivity index (χ1) is 12.2. The maximum absolute atomic E-state index is 12.6. The van der Waals surface area contributed by atoms with Gasteiger partial charge in [-0.25, -0.2) is 0 Å². The molecule has 5 heteroatoms. The number of carbonyl (C=O) groups excluding carboxylic acids is 1. The standard InChI is InChI=1S/C20H24N2O3/c1-15(25-19-9-5-6-16(12-19)14-23)20(24)22-11-10-18(13-22)21-17-7-3-2-4-8-17/h2-9,12,15,18,21,23H,10-11,13-14H2,1H3. The van der Waals surface area contributed by atoms with Crippen LogP contribution in [0, 0.1) is 0 Å². The topological polar surface area (TPSA) is 61.8 Å². The van der Waals surface area contributed by atoms with Crippen LogP contribution < -0.4 is 10.1 Å². The number of rotatable bonds is 6. The molecule has 2 atom stereocenters. The fourth-order valence-corrected chi connectivity index (χ4v) is 3.08. The van der Waals surface area contributed by atoms with Crippen molar-refractivity contribution < 1.29 is 14.6 Å². The molecule has 2 unspecified atom stereocenters. The predicted molar refractivity (Wildman–Crippen MR) is 97.5 cm³/mol. The summed E-state index contributed by atoms with van der Waals surface area (Å²) in [6.45, 7) is 3.14. The second-order valence-corrected chi connectivity index (χ2v) is 6.35. The summed E-state index contributed by atoms with van der Waals surface area (Å²) in [5, 5.41) is 12.7. The molecule has 1 aliphatic rings. The molecule has 0 aromatic heterocycles. The molecule has 2 aromatic carbocycles. The minimum absolute atomic E-state index is 0.00763. The summed E-state index contributed by atoms with van der Waals surface area (Å²) in [4.78, 5) is 14.5. The summed E-state index contributed by atoms with van der Waals surface area (Å²) < 4.78 is 5.76. The summed E-state index contributed by atoms with van der Waals surface area (Å²) in [5.41, 5.74) is 1.84. The minimum Gasteiger partial charge on any atom is -0.481 e. The molecule has 3 rings (SSSR count). The highest BCUT2D eigenvalue weighted by molar-refractivity contribution is 5.81. The molecule has 0 spiro atoms. The fraction of sp³-hybridized carbons (Fsp3) is 0.350. The Morgan fingerprint density at radius 3 is 2.84 bits per heavy atom. The molecule has 2 N–H and O–H groups in total. The Morgan fingerprint density at radius 1 is 1.28 bits per heavy atom. The number of hydrogen-bond donors (Lipinski definition) is 2. The zero-order chi connectivity index (χ0) is 17.6. The van der Waals surface area contributed by atoms with Crippen molar-refractivity contribution in [3.8, 4) is 5.75 Å². The summed E-state index contributed by atoms with van der Waals surface area (Å²) >= 11 is 0. The highest BCUT2D eigenvalue weighted by Crippen LogP contribution is 2.19. The zero-order valence-electron chi connectivity index (χ0n) is 14.4. The number of hydrogen-bond acceptors (Lipinski definition) is 4. The Labute approximate surface area is 148 Å². The molecule has 0 saturated carbocycles. The van der Waals surface area contributed by atoms with E-state index in [1.54, 1.807) is 19.1 Å². The highest BCUT2D eigenvalue weighted by atomic mass is 16.5. The average Bonchev–Trinajstić information content (AvgIpc) is 3.10. The molecule has 5 nitrogen and oxygen atoms in total. The van der Waals surface area contributed by atoms with Crippen LogP contribution >= 0.6 is 0 Å². The van der Waals surface area contributed by atoms with E-state index in [1.807, 2.05) is 47.4 Å². The Bertz CT molecular complexity index is 705. The van der Waals surface area contributed by atoms with Gasteiger partial charge in [-0.2, -0.15) is 0 Å². The first kappa shape index (κ1) is 17.3. The van der Waals surface area contributed by atoms with Gasteiger partial charge in [0, 0.05) is 24.8 Å². The van der Waals surface area contributed by atoms with Gasteiger partial charge in [-0.05, 0) is 43.2 Å². The van der Waals surface area contributed by atoms with E-state index in [2.05, 4.69) is 5.32 Å². The van der Waals surface area contributed by atoms with E-state index >= 15 is 0 Å². The molecule has 1 amide bonds. The van der Waals surface area contributed by atoms with E-state index < -0.39 is 6.10 Å². The summed E-state index contributed by atoms with van der Waals surface area (Å²) in [6, 6.07) is 17.5. The Morgan fingerprint density at radius 2 is 2.08 bits per heavy atom. The Hall–Kier alpha value is -2.53. The number of nitrogens with zero attached hydrogens (tertiary/aromatic N) is 1. The molecule has 1 saturated heterocycles.